The van der Waals surface area contributed by atoms with E-state index in [1.54, 1.807) is 24.3 Å². The number of para-hydroxylation sites is 1. The summed E-state index contributed by atoms with van der Waals surface area (Å²) >= 11 is 0. The Kier molecular flexibility index (Phi) is 5.03. The van der Waals surface area contributed by atoms with Crippen LogP contribution in [0.15, 0.2) is 60.9 Å². The number of nitro groups is 2. The third kappa shape index (κ3) is 4.22. The lowest BCUT2D eigenvalue weighted by Crippen LogP contribution is -2.13. The van der Waals surface area contributed by atoms with E-state index in [-0.39, 0.29) is 23.0 Å². The second-order valence-corrected chi connectivity index (χ2v) is 5.23. The lowest BCUT2D eigenvalue weighted by Gasteiger charge is -2.11. The van der Waals surface area contributed by atoms with Gasteiger partial charge in [-0.25, -0.2) is 9.97 Å². The Bertz CT molecular complexity index is 982. The van der Waals surface area contributed by atoms with E-state index in [1.165, 1.54) is 24.3 Å². The van der Waals surface area contributed by atoms with Gasteiger partial charge in [-0.3, -0.25) is 31.1 Å². The van der Waals surface area contributed by atoms with E-state index in [9.17, 15) is 20.2 Å². The van der Waals surface area contributed by atoms with Crippen molar-refractivity contribution in [2.45, 2.75) is 0 Å². The number of hydrogen-bond donors (Lipinski definition) is 3. The zero-order valence-electron chi connectivity index (χ0n) is 13.7. The van der Waals surface area contributed by atoms with Gasteiger partial charge in [0.05, 0.1) is 15.5 Å². The van der Waals surface area contributed by atoms with Gasteiger partial charge in [-0.2, -0.15) is 0 Å². The number of nitrogens with one attached hydrogen (secondary N) is 3. The van der Waals surface area contributed by atoms with Crippen LogP contribution in [0, 0.1) is 20.2 Å². The molecule has 0 amide bonds. The lowest BCUT2D eigenvalue weighted by atomic mass is 10.3. The third-order valence-corrected chi connectivity index (χ3v) is 3.42. The van der Waals surface area contributed by atoms with Gasteiger partial charge in [-0.1, -0.05) is 24.3 Å². The third-order valence-electron chi connectivity index (χ3n) is 3.42. The number of anilines is 4. The molecule has 11 heteroatoms. The second kappa shape index (κ2) is 7.74. The summed E-state index contributed by atoms with van der Waals surface area (Å²) in [5.74, 6) is -0.167. The Balaban J connectivity index is 1.88. The average molecular weight is 367 g/mol. The Morgan fingerprint density at radius 2 is 1.48 bits per heavy atom. The van der Waals surface area contributed by atoms with Crippen LogP contribution >= 0.6 is 0 Å². The van der Waals surface area contributed by atoms with Gasteiger partial charge in [0.2, 0.25) is 11.6 Å². The van der Waals surface area contributed by atoms with Crippen molar-refractivity contribution in [2.75, 3.05) is 16.2 Å². The van der Waals surface area contributed by atoms with Crippen LogP contribution in [0.5, 0.6) is 0 Å². The molecule has 1 aromatic heterocycles. The molecule has 0 saturated heterocycles. The summed E-state index contributed by atoms with van der Waals surface area (Å²) in [6.45, 7) is 0. The van der Waals surface area contributed by atoms with Gasteiger partial charge in [0, 0.05) is 17.8 Å². The zero-order chi connectivity index (χ0) is 19.2. The summed E-state index contributed by atoms with van der Waals surface area (Å²) in [5, 5.41) is 25.1. The molecule has 0 fully saturated rings. The zero-order valence-corrected chi connectivity index (χ0v) is 13.7. The first kappa shape index (κ1) is 17.5. The number of hydrogen-bond acceptors (Lipinski definition) is 9. The topological polar surface area (TPSA) is 148 Å². The molecule has 3 N–H and O–H groups in total. The molecule has 0 unspecified atom stereocenters. The van der Waals surface area contributed by atoms with Crippen molar-refractivity contribution in [1.29, 1.82) is 0 Å². The highest BCUT2D eigenvalue weighted by Crippen LogP contribution is 2.31. The van der Waals surface area contributed by atoms with Crippen LogP contribution in [0.4, 0.5) is 34.4 Å². The van der Waals surface area contributed by atoms with Crippen LogP contribution in [0.1, 0.15) is 0 Å². The van der Waals surface area contributed by atoms with Gasteiger partial charge in [0.1, 0.15) is 6.33 Å². The van der Waals surface area contributed by atoms with E-state index < -0.39 is 15.5 Å². The number of non-ortho nitro benzene ring substituents is 1. The minimum Gasteiger partial charge on any atom is -0.334 e. The largest absolute Gasteiger partial charge is 0.355 e. The Labute approximate surface area is 152 Å². The Hall–Kier alpha value is -4.28. The molecule has 3 rings (SSSR count). The van der Waals surface area contributed by atoms with Gasteiger partial charge >= 0.3 is 5.69 Å². The molecule has 0 atom stereocenters. The highest BCUT2D eigenvalue weighted by molar-refractivity contribution is 5.75. The minimum atomic E-state index is -0.644. The summed E-state index contributed by atoms with van der Waals surface area (Å²) in [6, 6.07) is 14.5. The van der Waals surface area contributed by atoms with Crippen LogP contribution in [0.25, 0.3) is 0 Å². The van der Waals surface area contributed by atoms with Gasteiger partial charge in [0.15, 0.2) is 0 Å². The lowest BCUT2D eigenvalue weighted by molar-refractivity contribution is -0.384. The monoisotopic (exact) mass is 367 g/mol. The van der Waals surface area contributed by atoms with Gasteiger partial charge in [-0.15, -0.1) is 0 Å². The number of hydrazine groups is 1. The highest BCUT2D eigenvalue weighted by atomic mass is 16.6. The minimum absolute atomic E-state index is 0.0632. The number of aromatic nitrogens is 2. The molecule has 1 heterocycles. The van der Waals surface area contributed by atoms with Crippen LogP contribution < -0.4 is 16.2 Å². The first-order chi connectivity index (χ1) is 13.0. The SMILES string of the molecule is O=[N+]([O-])c1cccc(Nc2ncnc(NNc3ccccc3)c2[N+](=O)[O-])c1. The maximum atomic E-state index is 11.5. The number of rotatable bonds is 7. The van der Waals surface area contributed by atoms with E-state index >= 15 is 0 Å². The molecular formula is C16H13N7O4. The van der Waals surface area contributed by atoms with Gasteiger partial charge in [-0.05, 0) is 18.2 Å². The molecule has 0 spiro atoms. The van der Waals surface area contributed by atoms with E-state index in [0.717, 1.165) is 6.33 Å². The van der Waals surface area contributed by atoms with Crippen LogP contribution in [-0.2, 0) is 0 Å². The van der Waals surface area contributed by atoms with Crippen molar-refractivity contribution in [3.05, 3.63) is 81.2 Å². The van der Waals surface area contributed by atoms with Crippen molar-refractivity contribution in [2.24, 2.45) is 0 Å². The van der Waals surface area contributed by atoms with Gasteiger partial charge < -0.3 is 5.32 Å². The molecule has 136 valence electrons. The van der Waals surface area contributed by atoms with Crippen molar-refractivity contribution in [3.63, 3.8) is 0 Å². The molecule has 0 aliphatic heterocycles. The van der Waals surface area contributed by atoms with Crippen molar-refractivity contribution in [3.8, 4) is 0 Å². The molecule has 2 aromatic carbocycles. The Morgan fingerprint density at radius 1 is 0.778 bits per heavy atom. The Morgan fingerprint density at radius 3 is 2.19 bits per heavy atom. The predicted molar refractivity (Wildman–Crippen MR) is 98.8 cm³/mol. The van der Waals surface area contributed by atoms with E-state index in [0.29, 0.717) is 5.69 Å². The van der Waals surface area contributed by atoms with E-state index in [2.05, 4.69) is 26.1 Å². The van der Waals surface area contributed by atoms with Gasteiger partial charge in [0.25, 0.3) is 5.69 Å². The molecule has 0 saturated carbocycles. The summed E-state index contributed by atoms with van der Waals surface area (Å²) in [5.41, 5.74) is 5.89. The smallest absolute Gasteiger partial charge is 0.334 e. The maximum Gasteiger partial charge on any atom is 0.355 e. The highest BCUT2D eigenvalue weighted by Gasteiger charge is 2.23. The van der Waals surface area contributed by atoms with Crippen molar-refractivity contribution >= 4 is 34.4 Å². The molecule has 3 aromatic rings. The first-order valence-electron chi connectivity index (χ1n) is 7.62. The molecule has 0 radical (unpaired) electrons. The average Bonchev–Trinajstić information content (AvgIpc) is 2.67. The standard InChI is InChI=1S/C16H13N7O4/c24-22(25)13-8-4-7-12(9-13)19-15-14(23(26)27)16(18-10-17-15)21-20-11-5-2-1-3-6-11/h1-10,20H,(H2,17,18,19,21). The summed E-state index contributed by atoms with van der Waals surface area (Å²) in [6.07, 6.45) is 1.14. The summed E-state index contributed by atoms with van der Waals surface area (Å²) < 4.78 is 0. The number of benzene rings is 2. The molecule has 0 aliphatic rings. The molecule has 0 aliphatic carbocycles. The fraction of sp³-hybridized carbons (Fsp3) is 0. The van der Waals surface area contributed by atoms with E-state index in [1.807, 2.05) is 6.07 Å². The second-order valence-electron chi connectivity index (χ2n) is 5.23. The van der Waals surface area contributed by atoms with Crippen LogP contribution in [0.2, 0.25) is 0 Å². The summed E-state index contributed by atoms with van der Waals surface area (Å²) in [4.78, 5) is 29.0. The van der Waals surface area contributed by atoms with Crippen molar-refractivity contribution in [1.82, 2.24) is 9.97 Å². The molecule has 27 heavy (non-hydrogen) atoms. The first-order valence-corrected chi connectivity index (χ1v) is 7.62. The summed E-state index contributed by atoms with van der Waals surface area (Å²) in [7, 11) is 0. The predicted octanol–water partition coefficient (Wildman–Crippen LogP) is 3.48. The normalized spacial score (nSPS) is 10.1. The van der Waals surface area contributed by atoms with Crippen LogP contribution in [-0.4, -0.2) is 19.8 Å². The molecule has 0 bridgehead atoms. The quantitative estimate of drug-likeness (QED) is 0.421. The molecular weight excluding hydrogens is 354 g/mol. The van der Waals surface area contributed by atoms with Crippen LogP contribution in [0.3, 0.4) is 0 Å². The van der Waals surface area contributed by atoms with E-state index in [4.69, 9.17) is 0 Å². The molecule has 11 nitrogen and oxygen atoms in total. The van der Waals surface area contributed by atoms with Crippen molar-refractivity contribution < 1.29 is 9.85 Å². The number of nitro benzene ring substituents is 1. The fourth-order valence-electron chi connectivity index (χ4n) is 2.22. The number of nitrogens with zero attached hydrogens (tertiary/aromatic N) is 4. The fourth-order valence-corrected chi connectivity index (χ4v) is 2.22. The maximum absolute atomic E-state index is 11.5.